The quantitative estimate of drug-likeness (QED) is 0.190. The maximum atomic E-state index is 9.60. The van der Waals surface area contributed by atoms with Gasteiger partial charge >= 0.3 is 0 Å². The van der Waals surface area contributed by atoms with Gasteiger partial charge in [-0.15, -0.1) is 0 Å². The summed E-state index contributed by atoms with van der Waals surface area (Å²) in [4.78, 5) is 0. The summed E-state index contributed by atoms with van der Waals surface area (Å²) in [6.07, 6.45) is 12.0. The highest BCUT2D eigenvalue weighted by Crippen LogP contribution is 2.48. The van der Waals surface area contributed by atoms with Crippen molar-refractivity contribution in [2.45, 2.75) is 74.3 Å². The van der Waals surface area contributed by atoms with Gasteiger partial charge < -0.3 is 18.9 Å². The second-order valence-electron chi connectivity index (χ2n) is 9.55. The molecule has 1 unspecified atom stereocenters. The molecule has 0 amide bonds. The van der Waals surface area contributed by atoms with E-state index in [0.29, 0.717) is 31.2 Å². The highest BCUT2D eigenvalue weighted by Gasteiger charge is 2.25. The number of allylic oxidation sites excluding steroid dienone is 9. The molecule has 1 aliphatic heterocycles. The van der Waals surface area contributed by atoms with Crippen molar-refractivity contribution in [1.29, 1.82) is 0 Å². The lowest BCUT2D eigenvalue weighted by atomic mass is 9.99. The van der Waals surface area contributed by atoms with Crippen molar-refractivity contribution >= 4 is 20.0 Å². The van der Waals surface area contributed by atoms with Gasteiger partial charge in [0.15, 0.2) is 8.38 Å². The van der Waals surface area contributed by atoms with Gasteiger partial charge in [-0.1, -0.05) is 87.9 Å². The predicted molar refractivity (Wildman–Crippen MR) is 169 cm³/mol. The largest absolute Gasteiger partial charge is 0.508 e. The molecule has 0 radical (unpaired) electrons. The van der Waals surface area contributed by atoms with Crippen LogP contribution in [0.4, 0.5) is 0 Å². The second-order valence-corrected chi connectivity index (χ2v) is 11.4. The highest BCUT2D eigenvalue weighted by molar-refractivity contribution is 7.47. The first kappa shape index (κ1) is 35.1. The Morgan fingerprint density at radius 1 is 1.23 bits per heavy atom. The highest BCUT2D eigenvalue weighted by atomic mass is 35.5. The number of hydrogen-bond acceptors (Lipinski definition) is 4. The molecular weight excluding hydrogens is 527 g/mol. The Morgan fingerprint density at radius 3 is 2.59 bits per heavy atom. The van der Waals surface area contributed by atoms with Crippen LogP contribution in [0.15, 0.2) is 94.8 Å². The minimum Gasteiger partial charge on any atom is -0.508 e. The average molecular weight is 575 g/mol. The van der Waals surface area contributed by atoms with E-state index in [9.17, 15) is 5.11 Å². The molecule has 2 aliphatic rings. The van der Waals surface area contributed by atoms with E-state index in [0.717, 1.165) is 29.0 Å². The summed E-state index contributed by atoms with van der Waals surface area (Å²) in [7, 11) is -1.03. The molecule has 1 aliphatic carbocycles. The summed E-state index contributed by atoms with van der Waals surface area (Å²) < 4.78 is 17.5. The Kier molecular flexibility index (Phi) is 17.3. The van der Waals surface area contributed by atoms with Crippen LogP contribution in [0.3, 0.4) is 0 Å². The van der Waals surface area contributed by atoms with Crippen LogP contribution in [0.25, 0.3) is 0 Å². The molecule has 1 saturated heterocycles. The Morgan fingerprint density at radius 2 is 1.95 bits per heavy atom. The topological polar surface area (TPSA) is 47.9 Å². The molecule has 6 heteroatoms. The van der Waals surface area contributed by atoms with Crippen LogP contribution in [-0.2, 0) is 13.8 Å². The van der Waals surface area contributed by atoms with Crippen molar-refractivity contribution in [3.63, 3.8) is 0 Å². The van der Waals surface area contributed by atoms with Gasteiger partial charge in [0.25, 0.3) is 0 Å². The first-order valence-electron chi connectivity index (χ1n) is 13.8. The summed E-state index contributed by atoms with van der Waals surface area (Å²) in [6, 6.07) is 7.81. The Hall–Kier alpha value is -1.94. The Bertz CT molecular complexity index is 1070. The van der Waals surface area contributed by atoms with Gasteiger partial charge in [-0.2, -0.15) is 0 Å². The normalized spacial score (nSPS) is 20.2. The first-order valence-corrected chi connectivity index (χ1v) is 15.5. The van der Waals surface area contributed by atoms with Crippen LogP contribution in [0.2, 0.25) is 5.02 Å². The number of hydrogen-bond donors (Lipinski definition) is 1. The van der Waals surface area contributed by atoms with Crippen molar-refractivity contribution in [3.05, 3.63) is 105 Å². The molecule has 0 spiro atoms. The number of aliphatic hydroxyl groups excluding tert-OH is 1. The van der Waals surface area contributed by atoms with E-state index in [2.05, 4.69) is 53.3 Å². The summed E-state index contributed by atoms with van der Waals surface area (Å²) in [5.74, 6) is 0.870. The third-order valence-corrected chi connectivity index (χ3v) is 8.04. The fourth-order valence-corrected chi connectivity index (χ4v) is 5.18. The van der Waals surface area contributed by atoms with Gasteiger partial charge in [-0.3, -0.25) is 0 Å². The van der Waals surface area contributed by atoms with Crippen molar-refractivity contribution in [3.8, 4) is 0 Å². The lowest BCUT2D eigenvalue weighted by Crippen LogP contribution is -2.13. The zero-order valence-corrected chi connectivity index (χ0v) is 26.7. The zero-order valence-electron chi connectivity index (χ0n) is 25.1. The maximum Gasteiger partial charge on any atom is 0.198 e. The van der Waals surface area contributed by atoms with E-state index in [1.54, 1.807) is 6.08 Å². The third kappa shape index (κ3) is 12.8. The van der Waals surface area contributed by atoms with E-state index in [1.807, 2.05) is 57.2 Å². The van der Waals surface area contributed by atoms with Crippen LogP contribution in [-0.4, -0.2) is 24.7 Å². The number of halogens is 1. The smallest absolute Gasteiger partial charge is 0.198 e. The SMILES string of the molecule is C=C/C(C)=C(C)\C(C)=C/COC[P@@]1OCCC(c2cccc(Cl)c2)O1.CC.CC1=CCC(C(C)C)=C(O)C=C1. The fourth-order valence-electron chi connectivity index (χ4n) is 3.71. The molecular formula is C33H48ClO4P. The second kappa shape index (κ2) is 19.2. The number of ether oxygens (including phenoxy) is 1. The van der Waals surface area contributed by atoms with Crippen LogP contribution in [0.1, 0.15) is 79.9 Å². The van der Waals surface area contributed by atoms with Gasteiger partial charge in [0.2, 0.25) is 0 Å². The van der Waals surface area contributed by atoms with Gasteiger partial charge in [0.05, 0.1) is 19.3 Å². The van der Waals surface area contributed by atoms with Gasteiger partial charge in [-0.05, 0) is 86.1 Å². The number of benzene rings is 1. The van der Waals surface area contributed by atoms with E-state index in [-0.39, 0.29) is 6.10 Å². The number of rotatable bonds is 8. The molecule has 1 aromatic rings. The maximum absolute atomic E-state index is 9.60. The summed E-state index contributed by atoms with van der Waals surface area (Å²) in [5, 5.41) is 10.3. The Labute approximate surface area is 243 Å². The molecule has 39 heavy (non-hydrogen) atoms. The average Bonchev–Trinajstić information content (AvgIpc) is 3.12. The molecule has 0 bridgehead atoms. The lowest BCUT2D eigenvalue weighted by molar-refractivity contribution is 0.0883. The molecule has 1 heterocycles. The van der Waals surface area contributed by atoms with Crippen LogP contribution < -0.4 is 0 Å². The minimum atomic E-state index is -1.03. The monoisotopic (exact) mass is 574 g/mol. The van der Waals surface area contributed by atoms with E-state index >= 15 is 0 Å². The Balaban J connectivity index is 0.000000454. The van der Waals surface area contributed by atoms with Gasteiger partial charge in [0.1, 0.15) is 12.1 Å². The lowest BCUT2D eigenvalue weighted by Gasteiger charge is -2.29. The van der Waals surface area contributed by atoms with E-state index < -0.39 is 8.38 Å². The first-order chi connectivity index (χ1) is 18.6. The molecule has 0 saturated carbocycles. The summed E-state index contributed by atoms with van der Waals surface area (Å²) in [5.41, 5.74) is 7.06. The standard InChI is InChI=1S/C20H26ClO3P.C11H16O.C2H6/c1-5-15(2)17(4)16(3)9-11-22-14-25-23-12-10-20(24-25)18-7-6-8-19(21)13-18;1-8(2)10-6-4-9(3)5-7-11(10)12;1-2/h5-9,13,20H,1,10-12,14H2,2-4H3;4-5,7-8,12H,6H2,1-3H3;1-2H3/b16-9-,17-15-;;/t20?,25-;;/m0../s1. The molecule has 4 nitrogen and oxygen atoms in total. The molecule has 2 atom stereocenters. The molecule has 3 rings (SSSR count). The van der Waals surface area contributed by atoms with E-state index in [4.69, 9.17) is 25.4 Å². The fraction of sp³-hybridized carbons (Fsp3) is 0.455. The van der Waals surface area contributed by atoms with Gasteiger partial charge in [-0.25, -0.2) is 0 Å². The van der Waals surface area contributed by atoms with Crippen molar-refractivity contribution < 1.29 is 18.9 Å². The third-order valence-electron chi connectivity index (χ3n) is 6.45. The number of aliphatic hydroxyl groups is 1. The molecule has 1 fully saturated rings. The van der Waals surface area contributed by atoms with Gasteiger partial charge in [0, 0.05) is 11.4 Å². The molecule has 0 aromatic heterocycles. The van der Waals surface area contributed by atoms with Crippen molar-refractivity contribution in [1.82, 2.24) is 0 Å². The van der Waals surface area contributed by atoms with Crippen LogP contribution in [0.5, 0.6) is 0 Å². The molecule has 216 valence electrons. The molecule has 1 N–H and O–H groups in total. The van der Waals surface area contributed by atoms with Crippen LogP contribution in [0, 0.1) is 5.92 Å². The van der Waals surface area contributed by atoms with Crippen molar-refractivity contribution in [2.24, 2.45) is 5.92 Å². The minimum absolute atomic E-state index is 0.0276. The predicted octanol–water partition coefficient (Wildman–Crippen LogP) is 11.0. The van der Waals surface area contributed by atoms with E-state index in [1.165, 1.54) is 22.3 Å². The van der Waals surface area contributed by atoms with Crippen molar-refractivity contribution in [2.75, 3.05) is 19.6 Å². The van der Waals surface area contributed by atoms with Crippen LogP contribution >= 0.6 is 20.0 Å². The summed E-state index contributed by atoms with van der Waals surface area (Å²) in [6.45, 7) is 21.5. The zero-order chi connectivity index (χ0) is 29.4. The summed E-state index contributed by atoms with van der Waals surface area (Å²) >= 11 is 6.07. The molecule has 1 aromatic carbocycles.